The number of anilines is 1. The van der Waals surface area contributed by atoms with Crippen LogP contribution in [0.25, 0.3) is 0 Å². The van der Waals surface area contributed by atoms with Crippen LogP contribution in [0, 0.1) is 0 Å². The molecule has 5 heteroatoms. The molecule has 0 spiro atoms. The van der Waals surface area contributed by atoms with Crippen LogP contribution in [0.15, 0.2) is 36.4 Å². The Morgan fingerprint density at radius 3 is 1.75 bits per heavy atom. The van der Waals surface area contributed by atoms with Crippen molar-refractivity contribution < 1.29 is 18.9 Å². The normalized spacial score (nSPS) is 9.95. The number of benzene rings is 2. The Morgan fingerprint density at radius 2 is 1.25 bits per heavy atom. The van der Waals surface area contributed by atoms with Gasteiger partial charge >= 0.3 is 0 Å². The molecule has 5 nitrogen and oxygen atoms in total. The molecular formula is C15H17NO4. The Bertz CT molecular complexity index is 576. The second-order valence-corrected chi connectivity index (χ2v) is 4.05. The third-order valence-electron chi connectivity index (χ3n) is 2.77. The molecule has 2 aromatic rings. The Balaban J connectivity index is 2.29. The summed E-state index contributed by atoms with van der Waals surface area (Å²) in [6.45, 7) is 0. The van der Waals surface area contributed by atoms with Crippen molar-refractivity contribution in [3.05, 3.63) is 36.4 Å². The maximum atomic E-state index is 5.92. The molecule has 0 fully saturated rings. The largest absolute Gasteiger partial charge is 0.497 e. The highest BCUT2D eigenvalue weighted by molar-refractivity contribution is 5.58. The van der Waals surface area contributed by atoms with Gasteiger partial charge in [0.1, 0.15) is 23.0 Å². The summed E-state index contributed by atoms with van der Waals surface area (Å²) in [5, 5.41) is 0. The lowest BCUT2D eigenvalue weighted by Gasteiger charge is -2.12. The van der Waals surface area contributed by atoms with Gasteiger partial charge < -0.3 is 24.7 Å². The Labute approximate surface area is 117 Å². The molecule has 0 aliphatic rings. The van der Waals surface area contributed by atoms with Crippen molar-refractivity contribution in [1.29, 1.82) is 0 Å². The van der Waals surface area contributed by atoms with E-state index in [0.29, 0.717) is 34.4 Å². The van der Waals surface area contributed by atoms with Gasteiger partial charge in [-0.1, -0.05) is 0 Å². The Kier molecular flexibility index (Phi) is 4.20. The van der Waals surface area contributed by atoms with Crippen molar-refractivity contribution in [1.82, 2.24) is 0 Å². The smallest absolute Gasteiger partial charge is 0.150 e. The zero-order chi connectivity index (χ0) is 14.5. The van der Waals surface area contributed by atoms with Crippen LogP contribution in [0.4, 0.5) is 5.69 Å². The van der Waals surface area contributed by atoms with E-state index < -0.39 is 0 Å². The van der Waals surface area contributed by atoms with Crippen molar-refractivity contribution >= 4 is 5.69 Å². The van der Waals surface area contributed by atoms with E-state index in [-0.39, 0.29) is 0 Å². The molecule has 0 radical (unpaired) electrons. The maximum absolute atomic E-state index is 5.92. The van der Waals surface area contributed by atoms with Gasteiger partial charge in [0.25, 0.3) is 0 Å². The first-order valence-electron chi connectivity index (χ1n) is 6.00. The molecule has 0 atom stereocenters. The molecule has 2 aromatic carbocycles. The van der Waals surface area contributed by atoms with Crippen molar-refractivity contribution in [2.45, 2.75) is 0 Å². The molecule has 0 unspecified atom stereocenters. The molecule has 0 saturated carbocycles. The number of nitrogens with two attached hydrogens (primary N) is 1. The molecule has 0 aliphatic carbocycles. The highest BCUT2D eigenvalue weighted by atomic mass is 16.5. The first-order valence-corrected chi connectivity index (χ1v) is 6.00. The number of methoxy groups -OCH3 is 3. The van der Waals surface area contributed by atoms with E-state index in [1.165, 1.54) is 0 Å². The lowest BCUT2D eigenvalue weighted by Crippen LogP contribution is -1.94. The molecule has 2 N–H and O–H groups in total. The highest BCUT2D eigenvalue weighted by Crippen LogP contribution is 2.34. The summed E-state index contributed by atoms with van der Waals surface area (Å²) in [7, 11) is 4.75. The molecule has 0 saturated heterocycles. The molecule has 0 aromatic heterocycles. The summed E-state index contributed by atoms with van der Waals surface area (Å²) in [5.41, 5.74) is 6.41. The fourth-order valence-corrected chi connectivity index (χ4v) is 1.71. The van der Waals surface area contributed by atoms with E-state index in [9.17, 15) is 0 Å². The van der Waals surface area contributed by atoms with Crippen LogP contribution in [0.3, 0.4) is 0 Å². The van der Waals surface area contributed by atoms with Gasteiger partial charge in [-0.05, 0) is 12.1 Å². The van der Waals surface area contributed by atoms with Crippen molar-refractivity contribution in [3.8, 4) is 28.7 Å². The van der Waals surface area contributed by atoms with E-state index in [1.807, 2.05) is 0 Å². The summed E-state index contributed by atoms with van der Waals surface area (Å²) in [5.74, 6) is 3.09. The van der Waals surface area contributed by atoms with Crippen LogP contribution in [-0.4, -0.2) is 21.3 Å². The number of nitrogen functional groups attached to an aromatic ring is 1. The monoisotopic (exact) mass is 275 g/mol. The quantitative estimate of drug-likeness (QED) is 0.849. The number of rotatable bonds is 5. The molecular weight excluding hydrogens is 258 g/mol. The van der Waals surface area contributed by atoms with Gasteiger partial charge in [0, 0.05) is 24.3 Å². The maximum Gasteiger partial charge on any atom is 0.150 e. The van der Waals surface area contributed by atoms with Gasteiger partial charge in [0.2, 0.25) is 0 Å². The molecule has 2 rings (SSSR count). The van der Waals surface area contributed by atoms with Gasteiger partial charge in [-0.3, -0.25) is 0 Å². The summed E-state index contributed by atoms with van der Waals surface area (Å²) in [4.78, 5) is 0. The minimum atomic E-state index is 0.492. The van der Waals surface area contributed by atoms with Gasteiger partial charge in [0.05, 0.1) is 27.0 Å². The number of hydrogen-bond donors (Lipinski definition) is 1. The van der Waals surface area contributed by atoms with Gasteiger partial charge in [-0.2, -0.15) is 0 Å². The second kappa shape index (κ2) is 6.06. The minimum Gasteiger partial charge on any atom is -0.497 e. The topological polar surface area (TPSA) is 62.9 Å². The molecule has 0 bridgehead atoms. The predicted molar refractivity (Wildman–Crippen MR) is 77.0 cm³/mol. The predicted octanol–water partition coefficient (Wildman–Crippen LogP) is 3.09. The molecule has 0 heterocycles. The van der Waals surface area contributed by atoms with Crippen LogP contribution < -0.4 is 24.7 Å². The van der Waals surface area contributed by atoms with E-state index in [2.05, 4.69) is 0 Å². The Hall–Kier alpha value is -2.56. The zero-order valence-corrected chi connectivity index (χ0v) is 11.7. The SMILES string of the molecule is COc1cc(OC)cc(Oc2ccc(OC)cc2N)c1. The van der Waals surface area contributed by atoms with Crippen LogP contribution in [0.1, 0.15) is 0 Å². The summed E-state index contributed by atoms with van der Waals surface area (Å²) in [6, 6.07) is 10.5. The second-order valence-electron chi connectivity index (χ2n) is 4.05. The van der Waals surface area contributed by atoms with Crippen molar-refractivity contribution in [3.63, 3.8) is 0 Å². The summed E-state index contributed by atoms with van der Waals surface area (Å²) >= 11 is 0. The van der Waals surface area contributed by atoms with Crippen LogP contribution in [0.5, 0.6) is 28.7 Å². The zero-order valence-electron chi connectivity index (χ0n) is 11.7. The summed E-state index contributed by atoms with van der Waals surface area (Å²) in [6.07, 6.45) is 0. The molecule has 106 valence electrons. The number of ether oxygens (including phenoxy) is 4. The van der Waals surface area contributed by atoms with Crippen LogP contribution >= 0.6 is 0 Å². The van der Waals surface area contributed by atoms with E-state index in [4.69, 9.17) is 24.7 Å². The fourth-order valence-electron chi connectivity index (χ4n) is 1.71. The first kappa shape index (κ1) is 13.9. The number of hydrogen-bond acceptors (Lipinski definition) is 5. The molecule has 0 aliphatic heterocycles. The van der Waals surface area contributed by atoms with Crippen molar-refractivity contribution in [2.75, 3.05) is 27.1 Å². The van der Waals surface area contributed by atoms with Gasteiger partial charge in [0.15, 0.2) is 5.75 Å². The average Bonchev–Trinajstić information content (AvgIpc) is 2.48. The highest BCUT2D eigenvalue weighted by Gasteiger charge is 2.07. The van der Waals surface area contributed by atoms with Crippen LogP contribution in [-0.2, 0) is 0 Å². The van der Waals surface area contributed by atoms with E-state index in [0.717, 1.165) is 0 Å². The van der Waals surface area contributed by atoms with Gasteiger partial charge in [-0.25, -0.2) is 0 Å². The first-order chi connectivity index (χ1) is 9.66. The third kappa shape index (κ3) is 3.06. The average molecular weight is 275 g/mol. The van der Waals surface area contributed by atoms with Crippen molar-refractivity contribution in [2.24, 2.45) is 0 Å². The summed E-state index contributed by atoms with van der Waals surface area (Å²) < 4.78 is 21.2. The molecule has 20 heavy (non-hydrogen) atoms. The van der Waals surface area contributed by atoms with E-state index in [1.54, 1.807) is 57.7 Å². The fraction of sp³-hybridized carbons (Fsp3) is 0.200. The Morgan fingerprint density at radius 1 is 0.700 bits per heavy atom. The van der Waals surface area contributed by atoms with E-state index >= 15 is 0 Å². The molecule has 0 amide bonds. The standard InChI is InChI=1S/C15H17NO4/c1-17-10-4-5-15(14(16)9-10)20-13-7-11(18-2)6-12(8-13)19-3/h4-9H,16H2,1-3H3. The third-order valence-corrected chi connectivity index (χ3v) is 2.77. The minimum absolute atomic E-state index is 0.492. The van der Waals surface area contributed by atoms with Crippen LogP contribution in [0.2, 0.25) is 0 Å². The van der Waals surface area contributed by atoms with Gasteiger partial charge in [-0.15, -0.1) is 0 Å². The lowest BCUT2D eigenvalue weighted by atomic mass is 10.2. The lowest BCUT2D eigenvalue weighted by molar-refractivity contribution is 0.386.